The van der Waals surface area contributed by atoms with Crippen molar-refractivity contribution < 1.29 is 4.74 Å². The van der Waals surface area contributed by atoms with Gasteiger partial charge in [0.15, 0.2) is 0 Å². The third-order valence-corrected chi connectivity index (χ3v) is 2.63. The van der Waals surface area contributed by atoms with Gasteiger partial charge < -0.3 is 10.1 Å². The molecule has 0 unspecified atom stereocenters. The molecule has 0 aliphatic rings. The van der Waals surface area contributed by atoms with Gasteiger partial charge in [-0.15, -0.1) is 0 Å². The van der Waals surface area contributed by atoms with Crippen LogP contribution in [0.1, 0.15) is 30.5 Å². The van der Waals surface area contributed by atoms with Gasteiger partial charge in [-0.2, -0.15) is 0 Å². The van der Waals surface area contributed by atoms with Crippen molar-refractivity contribution in [1.82, 2.24) is 5.32 Å². The third kappa shape index (κ3) is 4.02. The first kappa shape index (κ1) is 12.2. The van der Waals surface area contributed by atoms with Crippen LogP contribution >= 0.6 is 0 Å². The summed E-state index contributed by atoms with van der Waals surface area (Å²) in [6.07, 6.45) is 1.06. The van der Waals surface area contributed by atoms with Crippen molar-refractivity contribution in [3.8, 4) is 0 Å². The van der Waals surface area contributed by atoms with Crippen LogP contribution in [0.3, 0.4) is 0 Å². The number of hydrogen-bond donors (Lipinski definition) is 1. The van der Waals surface area contributed by atoms with Gasteiger partial charge in [0.25, 0.3) is 0 Å². The molecule has 1 aromatic carbocycles. The monoisotopic (exact) mass is 207 g/mol. The maximum Gasteiger partial charge on any atom is 0.0474 e. The summed E-state index contributed by atoms with van der Waals surface area (Å²) in [5.74, 6) is 0. The summed E-state index contributed by atoms with van der Waals surface area (Å²) in [6.45, 7) is 6.19. The minimum atomic E-state index is 0.419. The SMILES string of the molecule is COCCCN[C@H](C)c1ccccc1C. The van der Waals surface area contributed by atoms with E-state index in [1.165, 1.54) is 11.1 Å². The first-order valence-corrected chi connectivity index (χ1v) is 5.53. The molecule has 0 aliphatic heterocycles. The van der Waals surface area contributed by atoms with Crippen molar-refractivity contribution in [2.75, 3.05) is 20.3 Å². The fourth-order valence-electron chi connectivity index (χ4n) is 1.72. The highest BCUT2D eigenvalue weighted by Gasteiger charge is 2.05. The van der Waals surface area contributed by atoms with Crippen molar-refractivity contribution in [2.45, 2.75) is 26.3 Å². The molecule has 15 heavy (non-hydrogen) atoms. The third-order valence-electron chi connectivity index (χ3n) is 2.63. The molecule has 1 N–H and O–H groups in total. The molecule has 1 atom stereocenters. The Hall–Kier alpha value is -0.860. The van der Waals surface area contributed by atoms with Crippen LogP contribution in [-0.4, -0.2) is 20.3 Å². The van der Waals surface area contributed by atoms with Crippen LogP contribution in [0.25, 0.3) is 0 Å². The second-order valence-corrected chi connectivity index (χ2v) is 3.88. The molecule has 0 amide bonds. The number of aryl methyl sites for hydroxylation is 1. The molecule has 0 heterocycles. The molecule has 0 spiro atoms. The molecular weight excluding hydrogens is 186 g/mol. The molecule has 0 radical (unpaired) electrons. The quantitative estimate of drug-likeness (QED) is 0.724. The molecule has 0 saturated heterocycles. The number of ether oxygens (including phenoxy) is 1. The minimum Gasteiger partial charge on any atom is -0.385 e. The molecule has 2 heteroatoms. The van der Waals surface area contributed by atoms with Crippen molar-refractivity contribution >= 4 is 0 Å². The molecule has 0 aliphatic carbocycles. The molecule has 0 fully saturated rings. The second-order valence-electron chi connectivity index (χ2n) is 3.88. The number of nitrogens with one attached hydrogen (secondary N) is 1. The van der Waals surface area contributed by atoms with Gasteiger partial charge in [0.2, 0.25) is 0 Å². The standard InChI is InChI=1S/C13H21NO/c1-11-7-4-5-8-13(11)12(2)14-9-6-10-15-3/h4-5,7-8,12,14H,6,9-10H2,1-3H3/t12-/m1/s1. The van der Waals surface area contributed by atoms with Crippen LogP contribution in [0.2, 0.25) is 0 Å². The molecule has 0 aromatic heterocycles. The zero-order chi connectivity index (χ0) is 11.1. The van der Waals surface area contributed by atoms with Gasteiger partial charge in [0, 0.05) is 19.8 Å². The lowest BCUT2D eigenvalue weighted by Crippen LogP contribution is -2.21. The minimum absolute atomic E-state index is 0.419. The molecule has 1 rings (SSSR count). The van der Waals surface area contributed by atoms with Gasteiger partial charge in [-0.05, 0) is 37.9 Å². The summed E-state index contributed by atoms with van der Waals surface area (Å²) in [7, 11) is 1.74. The molecule has 0 saturated carbocycles. The maximum absolute atomic E-state index is 5.01. The average Bonchev–Trinajstić information content (AvgIpc) is 2.25. The van der Waals surface area contributed by atoms with Crippen LogP contribution < -0.4 is 5.32 Å². The highest BCUT2D eigenvalue weighted by Crippen LogP contribution is 2.16. The Kier molecular flexibility index (Phi) is 5.37. The van der Waals surface area contributed by atoms with E-state index >= 15 is 0 Å². The van der Waals surface area contributed by atoms with Gasteiger partial charge in [-0.1, -0.05) is 24.3 Å². The summed E-state index contributed by atoms with van der Waals surface area (Å²) in [5.41, 5.74) is 2.74. The summed E-state index contributed by atoms with van der Waals surface area (Å²) in [5, 5.41) is 3.49. The molecule has 1 aromatic rings. The summed E-state index contributed by atoms with van der Waals surface area (Å²) in [6, 6.07) is 8.93. The van der Waals surface area contributed by atoms with Crippen LogP contribution in [0, 0.1) is 6.92 Å². The number of rotatable bonds is 6. The molecule has 0 bridgehead atoms. The number of methoxy groups -OCH3 is 1. The Morgan fingerprint density at radius 1 is 1.33 bits per heavy atom. The van der Waals surface area contributed by atoms with E-state index in [-0.39, 0.29) is 0 Å². The van der Waals surface area contributed by atoms with Crippen LogP contribution in [0.5, 0.6) is 0 Å². The largest absolute Gasteiger partial charge is 0.385 e. The smallest absolute Gasteiger partial charge is 0.0474 e. The van der Waals surface area contributed by atoms with Crippen molar-refractivity contribution in [3.63, 3.8) is 0 Å². The molecule has 84 valence electrons. The van der Waals surface area contributed by atoms with E-state index in [0.29, 0.717) is 6.04 Å². The lowest BCUT2D eigenvalue weighted by Gasteiger charge is -2.16. The van der Waals surface area contributed by atoms with Gasteiger partial charge in [-0.3, -0.25) is 0 Å². The van der Waals surface area contributed by atoms with Gasteiger partial charge >= 0.3 is 0 Å². The van der Waals surface area contributed by atoms with E-state index in [1.54, 1.807) is 7.11 Å². The Balaban J connectivity index is 2.40. The van der Waals surface area contributed by atoms with E-state index < -0.39 is 0 Å². The molecule has 2 nitrogen and oxygen atoms in total. The first-order chi connectivity index (χ1) is 7.25. The van der Waals surface area contributed by atoms with Crippen molar-refractivity contribution in [2.24, 2.45) is 0 Å². The normalized spacial score (nSPS) is 12.7. The number of hydrogen-bond acceptors (Lipinski definition) is 2. The average molecular weight is 207 g/mol. The lowest BCUT2D eigenvalue weighted by molar-refractivity contribution is 0.193. The van der Waals surface area contributed by atoms with Gasteiger partial charge in [0.1, 0.15) is 0 Å². The van der Waals surface area contributed by atoms with E-state index in [4.69, 9.17) is 4.74 Å². The van der Waals surface area contributed by atoms with Gasteiger partial charge in [0.05, 0.1) is 0 Å². The van der Waals surface area contributed by atoms with Crippen molar-refractivity contribution in [1.29, 1.82) is 0 Å². The van der Waals surface area contributed by atoms with E-state index in [0.717, 1.165) is 19.6 Å². The highest BCUT2D eigenvalue weighted by atomic mass is 16.5. The fraction of sp³-hybridized carbons (Fsp3) is 0.538. The predicted molar refractivity (Wildman–Crippen MR) is 64.1 cm³/mol. The van der Waals surface area contributed by atoms with Gasteiger partial charge in [-0.25, -0.2) is 0 Å². The predicted octanol–water partition coefficient (Wildman–Crippen LogP) is 2.68. The van der Waals surface area contributed by atoms with E-state index in [1.807, 2.05) is 0 Å². The summed E-state index contributed by atoms with van der Waals surface area (Å²) < 4.78 is 5.01. The lowest BCUT2D eigenvalue weighted by atomic mass is 10.0. The van der Waals surface area contributed by atoms with Crippen molar-refractivity contribution in [3.05, 3.63) is 35.4 Å². The van der Waals surface area contributed by atoms with Crippen LogP contribution in [0.15, 0.2) is 24.3 Å². The Morgan fingerprint density at radius 2 is 2.07 bits per heavy atom. The van der Waals surface area contributed by atoms with E-state index in [9.17, 15) is 0 Å². The zero-order valence-corrected chi connectivity index (χ0v) is 9.92. The number of benzene rings is 1. The van der Waals surface area contributed by atoms with Crippen LogP contribution in [0.4, 0.5) is 0 Å². The first-order valence-electron chi connectivity index (χ1n) is 5.53. The Bertz CT molecular complexity index is 286. The Morgan fingerprint density at radius 3 is 2.73 bits per heavy atom. The Labute approximate surface area is 92.6 Å². The zero-order valence-electron chi connectivity index (χ0n) is 9.92. The topological polar surface area (TPSA) is 21.3 Å². The maximum atomic E-state index is 5.01. The summed E-state index contributed by atoms with van der Waals surface area (Å²) >= 11 is 0. The fourth-order valence-corrected chi connectivity index (χ4v) is 1.72. The molecular formula is C13H21NO. The second kappa shape index (κ2) is 6.59. The van der Waals surface area contributed by atoms with E-state index in [2.05, 4.69) is 43.4 Å². The van der Waals surface area contributed by atoms with Crippen LogP contribution in [-0.2, 0) is 4.74 Å². The highest BCUT2D eigenvalue weighted by molar-refractivity contribution is 5.28. The summed E-state index contributed by atoms with van der Waals surface area (Å²) in [4.78, 5) is 0.